The highest BCUT2D eigenvalue weighted by Crippen LogP contribution is 2.15. The second-order valence-electron chi connectivity index (χ2n) is 6.12. The van der Waals surface area contributed by atoms with Gasteiger partial charge in [0.25, 0.3) is 0 Å². The number of rotatable bonds is 7. The predicted molar refractivity (Wildman–Crippen MR) is 102 cm³/mol. The summed E-state index contributed by atoms with van der Waals surface area (Å²) in [6.45, 7) is 2.05. The number of nitrogens with one attached hydrogen (secondary N) is 1. The molecular weight excluding hydrogens is 326 g/mol. The van der Waals surface area contributed by atoms with Gasteiger partial charge in [0.15, 0.2) is 0 Å². The molecular formula is C21H23N3O2. The summed E-state index contributed by atoms with van der Waals surface area (Å²) in [7, 11) is 1.63. The number of hydrogen-bond donors (Lipinski definition) is 1. The van der Waals surface area contributed by atoms with Crippen LogP contribution in [0.25, 0.3) is 0 Å². The van der Waals surface area contributed by atoms with Crippen molar-refractivity contribution in [2.24, 2.45) is 0 Å². The van der Waals surface area contributed by atoms with Gasteiger partial charge in [0.1, 0.15) is 0 Å². The number of para-hydroxylation sites is 1. The summed E-state index contributed by atoms with van der Waals surface area (Å²) in [6, 6.07) is 16.9. The van der Waals surface area contributed by atoms with Gasteiger partial charge < -0.3 is 10.2 Å². The average molecular weight is 349 g/mol. The predicted octanol–water partition coefficient (Wildman–Crippen LogP) is 3.15. The highest BCUT2D eigenvalue weighted by Gasteiger charge is 2.14. The molecule has 2 rings (SSSR count). The summed E-state index contributed by atoms with van der Waals surface area (Å²) in [4.78, 5) is 25.9. The van der Waals surface area contributed by atoms with E-state index in [0.717, 1.165) is 23.2 Å². The molecule has 0 radical (unpaired) electrons. The molecule has 0 aromatic heterocycles. The fourth-order valence-electron chi connectivity index (χ4n) is 2.63. The number of carbonyl (C=O) groups excluding carboxylic acids is 2. The van der Waals surface area contributed by atoms with E-state index in [-0.39, 0.29) is 18.4 Å². The van der Waals surface area contributed by atoms with Crippen molar-refractivity contribution in [2.75, 3.05) is 18.9 Å². The smallest absolute Gasteiger partial charge is 0.243 e. The fraction of sp³-hybridized carbons (Fsp3) is 0.286. The van der Waals surface area contributed by atoms with Crippen molar-refractivity contribution in [1.29, 1.82) is 5.26 Å². The number of nitrogens with zero attached hydrogens (tertiary/aromatic N) is 2. The van der Waals surface area contributed by atoms with E-state index in [1.54, 1.807) is 19.2 Å². The molecule has 1 N–H and O–H groups in total. The van der Waals surface area contributed by atoms with E-state index in [1.165, 1.54) is 4.90 Å². The minimum absolute atomic E-state index is 0.0181. The normalized spacial score (nSPS) is 10.0. The summed E-state index contributed by atoms with van der Waals surface area (Å²) in [5.41, 5.74) is 3.45. The quantitative estimate of drug-likeness (QED) is 0.834. The number of hydrogen-bond acceptors (Lipinski definition) is 3. The van der Waals surface area contributed by atoms with Crippen LogP contribution in [0.3, 0.4) is 0 Å². The van der Waals surface area contributed by atoms with Crippen LogP contribution in [0.1, 0.15) is 30.0 Å². The summed E-state index contributed by atoms with van der Waals surface area (Å²) in [5, 5.41) is 11.7. The third kappa shape index (κ3) is 5.45. The van der Waals surface area contributed by atoms with Gasteiger partial charge in [-0.2, -0.15) is 5.26 Å². The molecule has 0 spiro atoms. The summed E-state index contributed by atoms with van der Waals surface area (Å²) in [5.74, 6) is -0.298. The third-order valence-corrected chi connectivity index (χ3v) is 4.19. The van der Waals surface area contributed by atoms with Gasteiger partial charge in [0, 0.05) is 19.2 Å². The Kier molecular flexibility index (Phi) is 6.92. The van der Waals surface area contributed by atoms with Crippen molar-refractivity contribution in [2.45, 2.75) is 26.2 Å². The second-order valence-corrected chi connectivity index (χ2v) is 6.12. The van der Waals surface area contributed by atoms with Crippen molar-refractivity contribution < 1.29 is 9.59 Å². The van der Waals surface area contributed by atoms with Gasteiger partial charge in [-0.05, 0) is 42.2 Å². The number of benzene rings is 2. The van der Waals surface area contributed by atoms with Crippen LogP contribution in [-0.2, 0) is 22.4 Å². The monoisotopic (exact) mass is 349 g/mol. The molecule has 2 aromatic carbocycles. The number of anilines is 1. The maximum atomic E-state index is 12.2. The molecule has 0 saturated heterocycles. The highest BCUT2D eigenvalue weighted by molar-refractivity contribution is 5.95. The Morgan fingerprint density at radius 3 is 2.46 bits per heavy atom. The Hall–Kier alpha value is -3.13. The first-order valence-electron chi connectivity index (χ1n) is 8.64. The standard InChI is InChI=1S/C21H23N3O2/c1-3-18-6-4-5-7-19(18)23-20(25)15-24(2)21(26)13-12-16-8-10-17(14-22)11-9-16/h4-11H,3,12-13,15H2,1-2H3,(H,23,25). The number of carbonyl (C=O) groups is 2. The van der Waals surface area contributed by atoms with E-state index >= 15 is 0 Å². The lowest BCUT2D eigenvalue weighted by atomic mass is 10.1. The van der Waals surface area contributed by atoms with Gasteiger partial charge in [0.05, 0.1) is 18.2 Å². The first-order valence-corrected chi connectivity index (χ1v) is 8.64. The third-order valence-electron chi connectivity index (χ3n) is 4.19. The topological polar surface area (TPSA) is 73.2 Å². The molecule has 0 aliphatic heterocycles. The molecule has 134 valence electrons. The molecule has 0 bridgehead atoms. The molecule has 0 saturated carbocycles. The Morgan fingerprint density at radius 2 is 1.81 bits per heavy atom. The van der Waals surface area contributed by atoms with E-state index in [0.29, 0.717) is 18.4 Å². The molecule has 5 nitrogen and oxygen atoms in total. The van der Waals surface area contributed by atoms with Crippen LogP contribution >= 0.6 is 0 Å². The first kappa shape index (κ1) is 19.2. The van der Waals surface area contributed by atoms with E-state index in [9.17, 15) is 9.59 Å². The minimum atomic E-state index is -0.208. The summed E-state index contributed by atoms with van der Waals surface area (Å²) < 4.78 is 0. The van der Waals surface area contributed by atoms with Gasteiger partial charge in [-0.15, -0.1) is 0 Å². The van der Waals surface area contributed by atoms with Crippen LogP contribution in [0.2, 0.25) is 0 Å². The molecule has 0 aliphatic carbocycles. The summed E-state index contributed by atoms with van der Waals surface area (Å²) in [6.07, 6.45) is 1.73. The van der Waals surface area contributed by atoms with Crippen LogP contribution in [0, 0.1) is 11.3 Å². The van der Waals surface area contributed by atoms with Gasteiger partial charge in [-0.1, -0.05) is 37.3 Å². The molecule has 26 heavy (non-hydrogen) atoms. The number of aryl methyl sites for hydroxylation is 2. The lowest BCUT2D eigenvalue weighted by molar-refractivity contribution is -0.133. The van der Waals surface area contributed by atoms with Gasteiger partial charge >= 0.3 is 0 Å². The Labute approximate surface area is 154 Å². The highest BCUT2D eigenvalue weighted by atomic mass is 16.2. The molecule has 0 unspecified atom stereocenters. The largest absolute Gasteiger partial charge is 0.336 e. The zero-order valence-corrected chi connectivity index (χ0v) is 15.2. The van der Waals surface area contributed by atoms with Crippen molar-refractivity contribution in [3.63, 3.8) is 0 Å². The number of amides is 2. The average Bonchev–Trinajstić information content (AvgIpc) is 2.66. The molecule has 5 heteroatoms. The molecule has 2 aromatic rings. The Morgan fingerprint density at radius 1 is 1.12 bits per heavy atom. The van der Waals surface area contributed by atoms with Crippen LogP contribution in [0.4, 0.5) is 5.69 Å². The van der Waals surface area contributed by atoms with Gasteiger partial charge in [0.2, 0.25) is 11.8 Å². The second kappa shape index (κ2) is 9.38. The SMILES string of the molecule is CCc1ccccc1NC(=O)CN(C)C(=O)CCc1ccc(C#N)cc1. The fourth-order valence-corrected chi connectivity index (χ4v) is 2.63. The molecule has 0 heterocycles. The van der Waals surface area contributed by atoms with Crippen LogP contribution < -0.4 is 5.32 Å². The Balaban J connectivity index is 1.83. The van der Waals surface area contributed by atoms with Crippen molar-refractivity contribution >= 4 is 17.5 Å². The first-order chi connectivity index (χ1) is 12.5. The molecule has 2 amide bonds. The van der Waals surface area contributed by atoms with Crippen LogP contribution in [0.5, 0.6) is 0 Å². The van der Waals surface area contributed by atoms with Crippen LogP contribution in [-0.4, -0.2) is 30.3 Å². The zero-order valence-electron chi connectivity index (χ0n) is 15.2. The lowest BCUT2D eigenvalue weighted by Gasteiger charge is -2.17. The zero-order chi connectivity index (χ0) is 18.9. The maximum absolute atomic E-state index is 12.2. The van der Waals surface area contributed by atoms with Crippen molar-refractivity contribution in [3.05, 3.63) is 65.2 Å². The van der Waals surface area contributed by atoms with E-state index in [2.05, 4.69) is 11.4 Å². The number of likely N-dealkylation sites (N-methyl/N-ethyl adjacent to an activating group) is 1. The molecule has 0 atom stereocenters. The minimum Gasteiger partial charge on any atom is -0.336 e. The summed E-state index contributed by atoms with van der Waals surface area (Å²) >= 11 is 0. The maximum Gasteiger partial charge on any atom is 0.243 e. The van der Waals surface area contributed by atoms with Gasteiger partial charge in [-0.3, -0.25) is 9.59 Å². The molecule has 0 fully saturated rings. The van der Waals surface area contributed by atoms with E-state index in [4.69, 9.17) is 5.26 Å². The van der Waals surface area contributed by atoms with Crippen molar-refractivity contribution in [1.82, 2.24) is 4.90 Å². The Bertz CT molecular complexity index is 807. The van der Waals surface area contributed by atoms with E-state index < -0.39 is 0 Å². The van der Waals surface area contributed by atoms with E-state index in [1.807, 2.05) is 43.3 Å². The van der Waals surface area contributed by atoms with Gasteiger partial charge in [-0.25, -0.2) is 0 Å². The number of nitriles is 1. The van der Waals surface area contributed by atoms with Crippen molar-refractivity contribution in [3.8, 4) is 6.07 Å². The lowest BCUT2D eigenvalue weighted by Crippen LogP contribution is -2.35. The van der Waals surface area contributed by atoms with Crippen LogP contribution in [0.15, 0.2) is 48.5 Å². The molecule has 0 aliphatic rings.